The molecule has 34 heavy (non-hydrogen) atoms. The SMILES string of the molecule is O=C1CCC(N2C(=O)c3ccc(CN4CC=C(c5ccnc(F)c5F)CC4)cc3C2=O)C(=O)N1. The van der Waals surface area contributed by atoms with Crippen LogP contribution in [0.5, 0.6) is 0 Å². The Kier molecular flexibility index (Phi) is 5.52. The number of nitrogens with one attached hydrogen (secondary N) is 1. The maximum Gasteiger partial charge on any atom is 0.262 e. The van der Waals surface area contributed by atoms with E-state index in [-0.39, 0.29) is 29.5 Å². The van der Waals surface area contributed by atoms with Crippen molar-refractivity contribution in [2.24, 2.45) is 0 Å². The summed E-state index contributed by atoms with van der Waals surface area (Å²) in [5.74, 6) is -4.23. The van der Waals surface area contributed by atoms with Gasteiger partial charge in [-0.2, -0.15) is 4.39 Å². The van der Waals surface area contributed by atoms with Crippen molar-refractivity contribution >= 4 is 29.2 Å². The first-order chi connectivity index (χ1) is 16.3. The van der Waals surface area contributed by atoms with Crippen LogP contribution in [0.4, 0.5) is 8.78 Å². The first-order valence-electron chi connectivity index (χ1n) is 10.9. The highest BCUT2D eigenvalue weighted by atomic mass is 19.2. The fourth-order valence-electron chi connectivity index (χ4n) is 4.64. The van der Waals surface area contributed by atoms with E-state index in [2.05, 4.69) is 15.2 Å². The molecular weight excluding hydrogens is 446 g/mol. The fraction of sp³-hybridized carbons (Fsp3) is 0.292. The maximum absolute atomic E-state index is 14.0. The molecule has 4 heterocycles. The van der Waals surface area contributed by atoms with E-state index in [4.69, 9.17) is 0 Å². The second-order valence-corrected chi connectivity index (χ2v) is 8.50. The summed E-state index contributed by atoms with van der Waals surface area (Å²) in [6.07, 6.45) is 3.77. The van der Waals surface area contributed by atoms with Crippen molar-refractivity contribution in [2.45, 2.75) is 31.8 Å². The molecular formula is C24H20F2N4O4. The zero-order valence-corrected chi connectivity index (χ0v) is 18.0. The number of piperidine rings is 1. The number of pyridine rings is 1. The van der Waals surface area contributed by atoms with Crippen LogP contribution in [0, 0.1) is 11.8 Å². The molecule has 1 fully saturated rings. The number of imide groups is 2. The molecule has 1 N–H and O–H groups in total. The standard InChI is InChI=1S/C24H20F2N4O4/c25-20-15(5-8-27-21(20)26)14-6-9-29(10-7-14)12-13-1-2-16-17(11-13)24(34)30(23(16)33)18-3-4-19(31)28-22(18)32/h1-2,5-6,8,11,18H,3-4,7,9-10,12H2,(H,28,31,32). The van der Waals surface area contributed by atoms with E-state index in [1.54, 1.807) is 18.2 Å². The van der Waals surface area contributed by atoms with E-state index in [0.29, 0.717) is 31.6 Å². The molecule has 0 bridgehead atoms. The molecule has 0 saturated carbocycles. The van der Waals surface area contributed by atoms with Crippen LogP contribution in [0.3, 0.4) is 0 Å². The quantitative estimate of drug-likeness (QED) is 0.547. The number of fused-ring (bicyclic) bond motifs is 1. The molecule has 2 aromatic rings. The average molecular weight is 466 g/mol. The van der Waals surface area contributed by atoms with Crippen LogP contribution < -0.4 is 5.32 Å². The normalized spacial score (nSPS) is 20.9. The summed E-state index contributed by atoms with van der Waals surface area (Å²) in [6, 6.07) is 5.44. The van der Waals surface area contributed by atoms with E-state index >= 15 is 0 Å². The van der Waals surface area contributed by atoms with Gasteiger partial charge in [-0.05, 0) is 42.2 Å². The third kappa shape index (κ3) is 3.79. The molecule has 1 aromatic carbocycles. The van der Waals surface area contributed by atoms with Crippen molar-refractivity contribution in [3.63, 3.8) is 0 Å². The second kappa shape index (κ2) is 8.53. The molecule has 8 nitrogen and oxygen atoms in total. The summed E-state index contributed by atoms with van der Waals surface area (Å²) in [7, 11) is 0. The lowest BCUT2D eigenvalue weighted by Crippen LogP contribution is -2.54. The summed E-state index contributed by atoms with van der Waals surface area (Å²) in [4.78, 5) is 55.7. The topological polar surface area (TPSA) is 99.7 Å². The van der Waals surface area contributed by atoms with Crippen LogP contribution in [0.2, 0.25) is 0 Å². The maximum atomic E-state index is 14.0. The van der Waals surface area contributed by atoms with Gasteiger partial charge >= 0.3 is 0 Å². The van der Waals surface area contributed by atoms with E-state index in [0.717, 1.165) is 10.5 Å². The molecule has 0 spiro atoms. The first-order valence-corrected chi connectivity index (χ1v) is 10.9. The Bertz CT molecular complexity index is 1280. The van der Waals surface area contributed by atoms with E-state index < -0.39 is 41.4 Å². The average Bonchev–Trinajstić information content (AvgIpc) is 3.06. The number of nitrogens with zero attached hydrogens (tertiary/aromatic N) is 3. The minimum atomic E-state index is -1.12. The Labute approximate surface area is 193 Å². The van der Waals surface area contributed by atoms with Gasteiger partial charge in [-0.25, -0.2) is 9.37 Å². The van der Waals surface area contributed by atoms with Gasteiger partial charge in [0.1, 0.15) is 6.04 Å². The van der Waals surface area contributed by atoms with Crippen molar-refractivity contribution in [1.82, 2.24) is 20.1 Å². The van der Waals surface area contributed by atoms with E-state index in [1.165, 1.54) is 12.3 Å². The lowest BCUT2D eigenvalue weighted by molar-refractivity contribution is -0.136. The highest BCUT2D eigenvalue weighted by Crippen LogP contribution is 2.30. The molecule has 1 atom stereocenters. The molecule has 4 amide bonds. The number of rotatable bonds is 4. The predicted octanol–water partition coefficient (Wildman–Crippen LogP) is 2.05. The summed E-state index contributed by atoms with van der Waals surface area (Å²) in [6.45, 7) is 1.59. The Balaban J connectivity index is 1.30. The predicted molar refractivity (Wildman–Crippen MR) is 115 cm³/mol. The lowest BCUT2D eigenvalue weighted by atomic mass is 9.99. The number of carbonyl (C=O) groups is 4. The van der Waals surface area contributed by atoms with Gasteiger partial charge in [0, 0.05) is 37.8 Å². The number of benzene rings is 1. The van der Waals surface area contributed by atoms with Crippen molar-refractivity contribution < 1.29 is 28.0 Å². The van der Waals surface area contributed by atoms with Gasteiger partial charge in [0.2, 0.25) is 17.8 Å². The number of amides is 4. The molecule has 10 heteroatoms. The molecule has 174 valence electrons. The third-order valence-electron chi connectivity index (χ3n) is 6.40. The van der Waals surface area contributed by atoms with Gasteiger partial charge in [-0.15, -0.1) is 0 Å². The number of hydrogen-bond donors (Lipinski definition) is 1. The van der Waals surface area contributed by atoms with Crippen LogP contribution in [0.1, 0.15) is 51.1 Å². The van der Waals surface area contributed by atoms with Crippen LogP contribution >= 0.6 is 0 Å². The van der Waals surface area contributed by atoms with Gasteiger partial charge in [0.05, 0.1) is 11.1 Å². The van der Waals surface area contributed by atoms with Gasteiger partial charge in [0.25, 0.3) is 11.8 Å². The molecule has 0 radical (unpaired) electrons. The molecule has 1 saturated heterocycles. The van der Waals surface area contributed by atoms with Crippen molar-refractivity contribution in [2.75, 3.05) is 13.1 Å². The minimum absolute atomic E-state index is 0.0650. The second-order valence-electron chi connectivity index (χ2n) is 8.50. The molecule has 3 aliphatic rings. The largest absolute Gasteiger partial charge is 0.295 e. The van der Waals surface area contributed by atoms with Crippen LogP contribution in [0.15, 0.2) is 36.5 Å². The Morgan fingerprint density at radius 1 is 1.00 bits per heavy atom. The summed E-state index contributed by atoms with van der Waals surface area (Å²) < 4.78 is 27.5. The van der Waals surface area contributed by atoms with Crippen molar-refractivity contribution in [1.29, 1.82) is 0 Å². The van der Waals surface area contributed by atoms with Gasteiger partial charge in [0.15, 0.2) is 5.82 Å². The summed E-state index contributed by atoms with van der Waals surface area (Å²) in [5.41, 5.74) is 2.19. The van der Waals surface area contributed by atoms with Gasteiger partial charge in [-0.3, -0.25) is 34.3 Å². The highest BCUT2D eigenvalue weighted by Gasteiger charge is 2.44. The number of hydrogen-bond acceptors (Lipinski definition) is 6. The lowest BCUT2D eigenvalue weighted by Gasteiger charge is -2.27. The number of aromatic nitrogens is 1. The third-order valence-corrected chi connectivity index (χ3v) is 6.40. The van der Waals surface area contributed by atoms with Crippen molar-refractivity contribution in [3.05, 3.63) is 70.6 Å². The monoisotopic (exact) mass is 466 g/mol. The fourth-order valence-corrected chi connectivity index (χ4v) is 4.64. The minimum Gasteiger partial charge on any atom is -0.295 e. The Morgan fingerprint density at radius 2 is 1.79 bits per heavy atom. The summed E-state index contributed by atoms with van der Waals surface area (Å²) in [5, 5.41) is 2.18. The highest BCUT2D eigenvalue weighted by molar-refractivity contribution is 6.23. The number of carbonyl (C=O) groups excluding carboxylic acids is 4. The van der Waals surface area contributed by atoms with Crippen LogP contribution in [-0.2, 0) is 16.1 Å². The van der Waals surface area contributed by atoms with Gasteiger partial charge in [-0.1, -0.05) is 12.1 Å². The van der Waals surface area contributed by atoms with Crippen molar-refractivity contribution in [3.8, 4) is 0 Å². The zero-order valence-electron chi connectivity index (χ0n) is 18.0. The Morgan fingerprint density at radius 3 is 2.53 bits per heavy atom. The van der Waals surface area contributed by atoms with Crippen LogP contribution in [-0.4, -0.2) is 57.5 Å². The number of halogens is 2. The van der Waals surface area contributed by atoms with Crippen LogP contribution in [0.25, 0.3) is 5.57 Å². The summed E-state index contributed by atoms with van der Waals surface area (Å²) >= 11 is 0. The first kappa shape index (κ1) is 22.0. The molecule has 0 aliphatic carbocycles. The van der Waals surface area contributed by atoms with Gasteiger partial charge < -0.3 is 0 Å². The molecule has 5 rings (SSSR count). The molecule has 3 aliphatic heterocycles. The van der Waals surface area contributed by atoms with E-state index in [9.17, 15) is 28.0 Å². The molecule has 1 unspecified atom stereocenters. The Hall–Kier alpha value is -3.79. The molecule has 1 aromatic heterocycles. The smallest absolute Gasteiger partial charge is 0.262 e. The zero-order chi connectivity index (χ0) is 24.0. The van der Waals surface area contributed by atoms with E-state index in [1.807, 2.05) is 6.08 Å².